The van der Waals surface area contributed by atoms with Crippen LogP contribution in [-0.2, 0) is 6.42 Å². The van der Waals surface area contributed by atoms with Gasteiger partial charge < -0.3 is 20.1 Å². The maximum atomic E-state index is 5.93. The second-order valence-electron chi connectivity index (χ2n) is 6.54. The van der Waals surface area contributed by atoms with Crippen LogP contribution < -0.4 is 20.1 Å². The van der Waals surface area contributed by atoms with E-state index in [1.807, 2.05) is 31.2 Å². The lowest BCUT2D eigenvalue weighted by atomic mass is 9.78. The largest absolute Gasteiger partial charge is 0.497 e. The first kappa shape index (κ1) is 21.3. The highest BCUT2D eigenvalue weighted by Gasteiger charge is 2.25. The van der Waals surface area contributed by atoms with Crippen LogP contribution in [0.2, 0.25) is 0 Å². The average molecular weight is 481 g/mol. The zero-order chi connectivity index (χ0) is 18.4. The standard InChI is InChI=1S/C21H27N3O2.HI/c1-15(26-19-9-6-8-18(12-19)25-3)13-23-21(22-2)24-14-17-11-16-7-4-5-10-20(16)17;/h4-10,12,15,17H,11,13-14H2,1-3H3,(H2,22,23,24);1H. The lowest BCUT2D eigenvalue weighted by molar-refractivity contribution is 0.223. The second kappa shape index (κ2) is 10.4. The Labute approximate surface area is 178 Å². The van der Waals surface area contributed by atoms with Crippen LogP contribution in [0.15, 0.2) is 53.5 Å². The summed E-state index contributed by atoms with van der Waals surface area (Å²) in [5, 5.41) is 6.74. The molecule has 0 spiro atoms. The number of hydrogen-bond donors (Lipinski definition) is 2. The Morgan fingerprint density at radius 2 is 1.93 bits per heavy atom. The summed E-state index contributed by atoms with van der Waals surface area (Å²) in [6, 6.07) is 16.3. The quantitative estimate of drug-likeness (QED) is 0.361. The monoisotopic (exact) mass is 481 g/mol. The topological polar surface area (TPSA) is 54.9 Å². The number of methoxy groups -OCH3 is 1. The molecule has 3 rings (SSSR count). The SMILES string of the molecule is CN=C(NCC(C)Oc1cccc(OC)c1)NCC1Cc2ccccc21.I. The molecule has 0 amide bonds. The van der Waals surface area contributed by atoms with Gasteiger partial charge in [-0.15, -0.1) is 24.0 Å². The van der Waals surface area contributed by atoms with Gasteiger partial charge in [-0.2, -0.15) is 0 Å². The van der Waals surface area contributed by atoms with E-state index >= 15 is 0 Å². The lowest BCUT2D eigenvalue weighted by Gasteiger charge is -2.30. The zero-order valence-electron chi connectivity index (χ0n) is 16.1. The maximum Gasteiger partial charge on any atom is 0.191 e. The van der Waals surface area contributed by atoms with E-state index in [1.165, 1.54) is 11.1 Å². The minimum absolute atomic E-state index is 0. The molecule has 0 bridgehead atoms. The molecule has 2 aromatic rings. The van der Waals surface area contributed by atoms with Crippen LogP contribution in [0.25, 0.3) is 0 Å². The molecule has 2 atom stereocenters. The van der Waals surface area contributed by atoms with E-state index < -0.39 is 0 Å². The molecule has 0 radical (unpaired) electrons. The number of aliphatic imine (C=N–C) groups is 1. The van der Waals surface area contributed by atoms with Crippen molar-refractivity contribution in [3.8, 4) is 11.5 Å². The van der Waals surface area contributed by atoms with E-state index in [-0.39, 0.29) is 30.1 Å². The van der Waals surface area contributed by atoms with Crippen molar-refractivity contribution in [1.29, 1.82) is 0 Å². The third-order valence-electron chi connectivity index (χ3n) is 4.64. The molecule has 6 heteroatoms. The fraction of sp³-hybridized carbons (Fsp3) is 0.381. The van der Waals surface area contributed by atoms with E-state index in [0.29, 0.717) is 12.5 Å². The first-order chi connectivity index (χ1) is 12.7. The first-order valence-electron chi connectivity index (χ1n) is 9.02. The Hall–Kier alpha value is -1.96. The molecule has 146 valence electrons. The van der Waals surface area contributed by atoms with Gasteiger partial charge in [0.05, 0.1) is 13.7 Å². The Morgan fingerprint density at radius 3 is 2.67 bits per heavy atom. The molecule has 1 aliphatic rings. The summed E-state index contributed by atoms with van der Waals surface area (Å²) in [6.07, 6.45) is 1.14. The number of nitrogens with one attached hydrogen (secondary N) is 2. The number of hydrogen-bond acceptors (Lipinski definition) is 3. The van der Waals surface area contributed by atoms with E-state index in [2.05, 4.69) is 39.9 Å². The molecule has 0 saturated carbocycles. The summed E-state index contributed by atoms with van der Waals surface area (Å²) in [5.41, 5.74) is 2.91. The van der Waals surface area contributed by atoms with Gasteiger partial charge in [0.25, 0.3) is 0 Å². The maximum absolute atomic E-state index is 5.93. The summed E-state index contributed by atoms with van der Waals surface area (Å²) in [4.78, 5) is 4.30. The van der Waals surface area contributed by atoms with Gasteiger partial charge >= 0.3 is 0 Å². The van der Waals surface area contributed by atoms with Crippen molar-refractivity contribution < 1.29 is 9.47 Å². The van der Waals surface area contributed by atoms with Crippen LogP contribution in [0.5, 0.6) is 11.5 Å². The molecule has 2 aromatic carbocycles. The molecule has 1 aliphatic carbocycles. The first-order valence-corrected chi connectivity index (χ1v) is 9.02. The summed E-state index contributed by atoms with van der Waals surface area (Å²) < 4.78 is 11.2. The van der Waals surface area contributed by atoms with Crippen molar-refractivity contribution in [3.05, 3.63) is 59.7 Å². The molecule has 2 unspecified atom stereocenters. The Kier molecular flexibility index (Phi) is 8.22. The average Bonchev–Trinajstić information content (AvgIpc) is 2.65. The minimum Gasteiger partial charge on any atom is -0.497 e. The minimum atomic E-state index is 0. The van der Waals surface area contributed by atoms with Crippen molar-refractivity contribution in [3.63, 3.8) is 0 Å². The molecule has 0 heterocycles. The van der Waals surface area contributed by atoms with Gasteiger partial charge in [-0.25, -0.2) is 0 Å². The predicted octanol–water partition coefficient (Wildman–Crippen LogP) is 3.59. The number of ether oxygens (including phenoxy) is 2. The highest BCUT2D eigenvalue weighted by atomic mass is 127. The lowest BCUT2D eigenvalue weighted by Crippen LogP contribution is -2.44. The zero-order valence-corrected chi connectivity index (χ0v) is 18.4. The summed E-state index contributed by atoms with van der Waals surface area (Å²) in [7, 11) is 3.44. The smallest absolute Gasteiger partial charge is 0.191 e. The van der Waals surface area contributed by atoms with Crippen molar-refractivity contribution in [2.24, 2.45) is 4.99 Å². The van der Waals surface area contributed by atoms with E-state index in [4.69, 9.17) is 9.47 Å². The molecular formula is C21H28IN3O2. The van der Waals surface area contributed by atoms with Gasteiger partial charge in [0, 0.05) is 25.6 Å². The number of fused-ring (bicyclic) bond motifs is 1. The second-order valence-corrected chi connectivity index (χ2v) is 6.54. The van der Waals surface area contributed by atoms with Gasteiger partial charge in [-0.1, -0.05) is 30.3 Å². The van der Waals surface area contributed by atoms with Gasteiger partial charge in [0.1, 0.15) is 17.6 Å². The number of halogens is 1. The molecule has 5 nitrogen and oxygen atoms in total. The third-order valence-corrected chi connectivity index (χ3v) is 4.64. The summed E-state index contributed by atoms with van der Waals surface area (Å²) in [6.45, 7) is 3.59. The summed E-state index contributed by atoms with van der Waals surface area (Å²) >= 11 is 0. The van der Waals surface area contributed by atoms with E-state index in [1.54, 1.807) is 14.2 Å². The third kappa shape index (κ3) is 5.76. The number of guanidine groups is 1. The fourth-order valence-corrected chi connectivity index (χ4v) is 3.17. The van der Waals surface area contributed by atoms with Gasteiger partial charge in [0.15, 0.2) is 5.96 Å². The van der Waals surface area contributed by atoms with Gasteiger partial charge in [-0.3, -0.25) is 4.99 Å². The Bertz CT molecular complexity index is 767. The van der Waals surface area contributed by atoms with E-state index in [9.17, 15) is 0 Å². The number of nitrogens with zero attached hydrogens (tertiary/aromatic N) is 1. The number of rotatable bonds is 7. The molecule has 0 saturated heterocycles. The predicted molar refractivity (Wildman–Crippen MR) is 121 cm³/mol. The van der Waals surface area contributed by atoms with E-state index in [0.717, 1.165) is 30.4 Å². The van der Waals surface area contributed by atoms with Crippen molar-refractivity contribution in [2.75, 3.05) is 27.2 Å². The molecule has 0 aromatic heterocycles. The van der Waals surface area contributed by atoms with Crippen LogP contribution >= 0.6 is 24.0 Å². The van der Waals surface area contributed by atoms with Crippen LogP contribution in [0, 0.1) is 0 Å². The molecule has 0 aliphatic heterocycles. The Morgan fingerprint density at radius 1 is 1.15 bits per heavy atom. The fourth-order valence-electron chi connectivity index (χ4n) is 3.17. The summed E-state index contributed by atoms with van der Waals surface area (Å²) in [5.74, 6) is 2.96. The highest BCUT2D eigenvalue weighted by Crippen LogP contribution is 2.33. The molecule has 0 fully saturated rings. The van der Waals surface area contributed by atoms with Gasteiger partial charge in [0.2, 0.25) is 0 Å². The highest BCUT2D eigenvalue weighted by molar-refractivity contribution is 14.0. The van der Waals surface area contributed by atoms with Crippen LogP contribution in [-0.4, -0.2) is 39.3 Å². The molecule has 2 N–H and O–H groups in total. The Balaban J connectivity index is 0.00000261. The van der Waals surface area contributed by atoms with Crippen LogP contribution in [0.1, 0.15) is 24.0 Å². The molecular weight excluding hydrogens is 453 g/mol. The van der Waals surface area contributed by atoms with Crippen molar-refractivity contribution in [1.82, 2.24) is 10.6 Å². The van der Waals surface area contributed by atoms with Crippen molar-refractivity contribution in [2.45, 2.75) is 25.4 Å². The van der Waals surface area contributed by atoms with Crippen LogP contribution in [0.3, 0.4) is 0 Å². The van der Waals surface area contributed by atoms with Crippen LogP contribution in [0.4, 0.5) is 0 Å². The van der Waals surface area contributed by atoms with Gasteiger partial charge in [-0.05, 0) is 36.6 Å². The number of benzene rings is 2. The molecule has 27 heavy (non-hydrogen) atoms. The van der Waals surface area contributed by atoms with Crippen molar-refractivity contribution >= 4 is 29.9 Å². The normalized spacial score (nSPS) is 16.3.